The van der Waals surface area contributed by atoms with E-state index < -0.39 is 0 Å². The summed E-state index contributed by atoms with van der Waals surface area (Å²) in [6.07, 6.45) is 0.765. The van der Waals surface area contributed by atoms with Crippen molar-refractivity contribution in [2.75, 3.05) is 6.54 Å². The Morgan fingerprint density at radius 1 is 1.37 bits per heavy atom. The van der Waals surface area contributed by atoms with E-state index >= 15 is 0 Å². The van der Waals surface area contributed by atoms with Gasteiger partial charge in [0.1, 0.15) is 16.1 Å². The average molecular weight is 322 g/mol. The van der Waals surface area contributed by atoms with E-state index in [1.807, 2.05) is 0 Å². The number of halogens is 1. The quantitative estimate of drug-likeness (QED) is 0.900. The summed E-state index contributed by atoms with van der Waals surface area (Å²) in [7, 11) is 0. The normalized spacial score (nSPS) is 11.3. The largest absolute Gasteiger partial charge is 0.336 e. The first kappa shape index (κ1) is 14.3. The Labute approximate surface area is 122 Å². The van der Waals surface area contributed by atoms with Gasteiger partial charge in [-0.2, -0.15) is 0 Å². The number of H-pyrrole nitrogens is 1. The van der Waals surface area contributed by atoms with Gasteiger partial charge in [0, 0.05) is 12.0 Å². The van der Waals surface area contributed by atoms with Gasteiger partial charge in [-0.05, 0) is 52.5 Å². The van der Waals surface area contributed by atoms with Gasteiger partial charge in [0.05, 0.1) is 0 Å². The predicted octanol–water partition coefficient (Wildman–Crippen LogP) is 3.77. The van der Waals surface area contributed by atoms with Crippen LogP contribution >= 0.6 is 15.9 Å². The van der Waals surface area contributed by atoms with Crippen molar-refractivity contribution in [2.24, 2.45) is 5.73 Å². The van der Waals surface area contributed by atoms with Crippen LogP contribution in [0.2, 0.25) is 0 Å². The number of aromatic nitrogens is 2. The monoisotopic (exact) mass is 321 g/mol. The lowest BCUT2D eigenvalue weighted by molar-refractivity contribution is 0.866. The molecule has 0 fully saturated rings. The lowest BCUT2D eigenvalue weighted by Crippen LogP contribution is -2.03. The van der Waals surface area contributed by atoms with E-state index in [2.05, 4.69) is 64.9 Å². The molecule has 3 N–H and O–H groups in total. The SMILES string of the molecule is Cc1ccc(C(C)C)cc1-c1nc(CCN)[nH]c1Br. The van der Waals surface area contributed by atoms with Crippen LogP contribution in [0, 0.1) is 6.92 Å². The molecule has 0 radical (unpaired) electrons. The second kappa shape index (κ2) is 5.88. The molecule has 0 atom stereocenters. The molecular formula is C15H20BrN3. The first-order valence-corrected chi connectivity index (χ1v) is 7.37. The third-order valence-electron chi connectivity index (χ3n) is 3.27. The van der Waals surface area contributed by atoms with Crippen LogP contribution < -0.4 is 5.73 Å². The smallest absolute Gasteiger partial charge is 0.110 e. The molecule has 0 aliphatic heterocycles. The highest BCUT2D eigenvalue weighted by atomic mass is 79.9. The van der Waals surface area contributed by atoms with E-state index in [9.17, 15) is 0 Å². The standard InChI is InChI=1S/C15H20BrN3/c1-9(2)11-5-4-10(3)12(8-11)14-15(16)19-13(18-14)6-7-17/h4-5,8-9H,6-7,17H2,1-3H3,(H,18,19). The number of nitrogens with one attached hydrogen (secondary N) is 1. The number of hydrogen-bond donors (Lipinski definition) is 2. The number of hydrogen-bond acceptors (Lipinski definition) is 2. The van der Waals surface area contributed by atoms with Crippen LogP contribution in [0.15, 0.2) is 22.8 Å². The van der Waals surface area contributed by atoms with Crippen LogP contribution in [0.1, 0.15) is 36.7 Å². The van der Waals surface area contributed by atoms with Crippen LogP contribution in [0.3, 0.4) is 0 Å². The Morgan fingerprint density at radius 2 is 2.11 bits per heavy atom. The highest BCUT2D eigenvalue weighted by Crippen LogP contribution is 2.31. The maximum Gasteiger partial charge on any atom is 0.110 e. The molecule has 0 saturated carbocycles. The van der Waals surface area contributed by atoms with Crippen molar-refractivity contribution < 1.29 is 0 Å². The van der Waals surface area contributed by atoms with Crippen LogP contribution in [0.4, 0.5) is 0 Å². The fourth-order valence-corrected chi connectivity index (χ4v) is 2.62. The maximum absolute atomic E-state index is 5.58. The molecule has 1 aromatic carbocycles. The molecule has 1 aromatic heterocycles. The molecule has 4 heteroatoms. The van der Waals surface area contributed by atoms with Crippen molar-refractivity contribution in [2.45, 2.75) is 33.1 Å². The van der Waals surface area contributed by atoms with Crippen LogP contribution in [-0.2, 0) is 6.42 Å². The van der Waals surface area contributed by atoms with E-state index in [0.29, 0.717) is 12.5 Å². The predicted molar refractivity (Wildman–Crippen MR) is 83.3 cm³/mol. The molecule has 1 heterocycles. The maximum atomic E-state index is 5.58. The zero-order valence-corrected chi connectivity index (χ0v) is 13.2. The summed E-state index contributed by atoms with van der Waals surface area (Å²) >= 11 is 3.56. The van der Waals surface area contributed by atoms with Crippen LogP contribution in [-0.4, -0.2) is 16.5 Å². The molecule has 0 aliphatic carbocycles. The molecule has 2 aromatic rings. The number of imidazole rings is 1. The van der Waals surface area contributed by atoms with Gasteiger partial charge in [-0.3, -0.25) is 0 Å². The van der Waals surface area contributed by atoms with Gasteiger partial charge in [0.15, 0.2) is 0 Å². The molecule has 0 amide bonds. The zero-order valence-electron chi connectivity index (χ0n) is 11.6. The minimum atomic E-state index is 0.514. The highest BCUT2D eigenvalue weighted by Gasteiger charge is 2.13. The number of benzene rings is 1. The van der Waals surface area contributed by atoms with Crippen molar-refractivity contribution in [3.05, 3.63) is 39.8 Å². The number of aromatic amines is 1. The third kappa shape index (κ3) is 3.07. The summed E-state index contributed by atoms with van der Waals surface area (Å²) in [5, 5.41) is 0. The Kier molecular flexibility index (Phi) is 4.42. The summed E-state index contributed by atoms with van der Waals surface area (Å²) in [5.41, 5.74) is 10.3. The van der Waals surface area contributed by atoms with Gasteiger partial charge in [0.2, 0.25) is 0 Å². The minimum absolute atomic E-state index is 0.514. The van der Waals surface area contributed by atoms with E-state index in [1.165, 1.54) is 16.7 Å². The Morgan fingerprint density at radius 3 is 2.74 bits per heavy atom. The molecular weight excluding hydrogens is 302 g/mol. The molecule has 19 heavy (non-hydrogen) atoms. The summed E-state index contributed by atoms with van der Waals surface area (Å²) in [5.74, 6) is 1.44. The average Bonchev–Trinajstić information content (AvgIpc) is 2.71. The minimum Gasteiger partial charge on any atom is -0.336 e. The van der Waals surface area contributed by atoms with E-state index in [4.69, 9.17) is 5.73 Å². The Bertz CT molecular complexity index is 573. The van der Waals surface area contributed by atoms with Gasteiger partial charge in [-0.25, -0.2) is 4.98 Å². The van der Waals surface area contributed by atoms with Crippen molar-refractivity contribution >= 4 is 15.9 Å². The molecule has 0 unspecified atom stereocenters. The summed E-state index contributed by atoms with van der Waals surface area (Å²) in [6, 6.07) is 6.58. The van der Waals surface area contributed by atoms with E-state index in [0.717, 1.165) is 22.5 Å². The van der Waals surface area contributed by atoms with E-state index in [-0.39, 0.29) is 0 Å². The molecule has 0 saturated heterocycles. The fourth-order valence-electron chi connectivity index (χ4n) is 2.09. The number of nitrogens with zero attached hydrogens (tertiary/aromatic N) is 1. The van der Waals surface area contributed by atoms with Crippen molar-refractivity contribution in [1.29, 1.82) is 0 Å². The molecule has 3 nitrogen and oxygen atoms in total. The lowest BCUT2D eigenvalue weighted by atomic mass is 9.96. The summed E-state index contributed by atoms with van der Waals surface area (Å²) < 4.78 is 0.931. The summed E-state index contributed by atoms with van der Waals surface area (Å²) in [4.78, 5) is 7.89. The van der Waals surface area contributed by atoms with E-state index in [1.54, 1.807) is 0 Å². The van der Waals surface area contributed by atoms with Crippen molar-refractivity contribution in [3.8, 4) is 11.3 Å². The van der Waals surface area contributed by atoms with Gasteiger partial charge in [0.25, 0.3) is 0 Å². The molecule has 102 valence electrons. The Hall–Kier alpha value is -1.13. The molecule has 0 aliphatic rings. The van der Waals surface area contributed by atoms with Gasteiger partial charge in [-0.15, -0.1) is 0 Å². The van der Waals surface area contributed by atoms with Crippen molar-refractivity contribution in [3.63, 3.8) is 0 Å². The van der Waals surface area contributed by atoms with Gasteiger partial charge >= 0.3 is 0 Å². The van der Waals surface area contributed by atoms with Crippen LogP contribution in [0.25, 0.3) is 11.3 Å². The Balaban J connectivity index is 2.48. The molecule has 0 spiro atoms. The molecule has 0 bridgehead atoms. The number of nitrogens with two attached hydrogens (primary N) is 1. The fraction of sp³-hybridized carbons (Fsp3) is 0.400. The third-order valence-corrected chi connectivity index (χ3v) is 3.85. The summed E-state index contributed by atoms with van der Waals surface area (Å²) in [6.45, 7) is 7.12. The number of aryl methyl sites for hydroxylation is 1. The van der Waals surface area contributed by atoms with Gasteiger partial charge in [-0.1, -0.05) is 26.0 Å². The lowest BCUT2D eigenvalue weighted by Gasteiger charge is -2.10. The highest BCUT2D eigenvalue weighted by molar-refractivity contribution is 9.10. The first-order chi connectivity index (χ1) is 9.02. The van der Waals surface area contributed by atoms with Gasteiger partial charge < -0.3 is 10.7 Å². The van der Waals surface area contributed by atoms with Crippen molar-refractivity contribution in [1.82, 2.24) is 9.97 Å². The zero-order chi connectivity index (χ0) is 14.0. The second-order valence-corrected chi connectivity index (χ2v) is 5.91. The topological polar surface area (TPSA) is 54.7 Å². The van der Waals surface area contributed by atoms with Crippen LogP contribution in [0.5, 0.6) is 0 Å². The number of rotatable bonds is 4. The first-order valence-electron chi connectivity index (χ1n) is 6.58. The second-order valence-electron chi connectivity index (χ2n) is 5.11. The molecule has 2 rings (SSSR count).